The maximum atomic E-state index is 15.3. The van der Waals surface area contributed by atoms with Crippen molar-refractivity contribution in [1.29, 1.82) is 0 Å². The minimum atomic E-state index is -3.47. The number of hydrogen-bond donors (Lipinski definition) is 1. The highest BCUT2D eigenvalue weighted by Crippen LogP contribution is 2.37. The first-order valence-corrected chi connectivity index (χ1v) is 15.9. The van der Waals surface area contributed by atoms with Gasteiger partial charge in [0.25, 0.3) is 0 Å². The van der Waals surface area contributed by atoms with Crippen LogP contribution in [0.3, 0.4) is 0 Å². The van der Waals surface area contributed by atoms with Gasteiger partial charge in [-0.3, -0.25) is 9.97 Å². The number of anilines is 4. The van der Waals surface area contributed by atoms with E-state index in [0.717, 1.165) is 35.6 Å². The summed E-state index contributed by atoms with van der Waals surface area (Å²) < 4.78 is 48.4. The van der Waals surface area contributed by atoms with E-state index in [1.807, 2.05) is 31.3 Å². The fourth-order valence-corrected chi connectivity index (χ4v) is 6.78. The molecule has 2 saturated heterocycles. The SMILES string of the molecule is Cc1c(N2CCN(S(=O)(=O)CC=Cc3cccnc3)CC2)nc2cccc(F)c2c1Nc1cncc(N2CCOCC2)c1. The molecule has 0 bridgehead atoms. The van der Waals surface area contributed by atoms with Crippen LogP contribution in [0, 0.1) is 12.7 Å². The van der Waals surface area contributed by atoms with Crippen molar-refractivity contribution in [3.8, 4) is 0 Å². The molecule has 43 heavy (non-hydrogen) atoms. The first-order chi connectivity index (χ1) is 20.9. The molecule has 12 heteroatoms. The molecular formula is C31H34FN7O3S. The molecule has 0 unspecified atom stereocenters. The minimum absolute atomic E-state index is 0.0833. The zero-order chi connectivity index (χ0) is 29.8. The molecule has 2 aliphatic rings. The number of piperazine rings is 1. The Kier molecular flexibility index (Phi) is 8.50. The van der Waals surface area contributed by atoms with Crippen LogP contribution in [0.15, 0.2) is 67.3 Å². The molecule has 10 nitrogen and oxygen atoms in total. The Morgan fingerprint density at radius 3 is 2.56 bits per heavy atom. The number of sulfonamides is 1. The number of morpholine rings is 1. The predicted octanol–water partition coefficient (Wildman–Crippen LogP) is 4.22. The van der Waals surface area contributed by atoms with Crippen LogP contribution in [-0.2, 0) is 14.8 Å². The number of nitrogens with one attached hydrogen (secondary N) is 1. The molecule has 224 valence electrons. The van der Waals surface area contributed by atoms with Crippen LogP contribution in [0.1, 0.15) is 11.1 Å². The predicted molar refractivity (Wildman–Crippen MR) is 168 cm³/mol. The van der Waals surface area contributed by atoms with Crippen molar-refractivity contribution in [2.24, 2.45) is 0 Å². The van der Waals surface area contributed by atoms with Gasteiger partial charge in [0.05, 0.1) is 59.3 Å². The number of halogens is 1. The van der Waals surface area contributed by atoms with Crippen molar-refractivity contribution in [1.82, 2.24) is 19.3 Å². The topological polar surface area (TPSA) is 104 Å². The van der Waals surface area contributed by atoms with Crippen LogP contribution >= 0.6 is 0 Å². The Morgan fingerprint density at radius 1 is 0.977 bits per heavy atom. The summed E-state index contributed by atoms with van der Waals surface area (Å²) in [5.74, 6) is 0.251. The number of ether oxygens (including phenoxy) is 1. The Bertz CT molecular complexity index is 1720. The third-order valence-electron chi connectivity index (χ3n) is 7.78. The summed E-state index contributed by atoms with van der Waals surface area (Å²) >= 11 is 0. The van der Waals surface area contributed by atoms with E-state index >= 15 is 4.39 Å². The number of pyridine rings is 3. The quantitative estimate of drug-likeness (QED) is 0.317. The maximum absolute atomic E-state index is 15.3. The van der Waals surface area contributed by atoms with E-state index in [0.29, 0.717) is 61.8 Å². The number of nitrogens with zero attached hydrogens (tertiary/aromatic N) is 6. The summed E-state index contributed by atoms with van der Waals surface area (Å²) in [6, 6.07) is 10.6. The van der Waals surface area contributed by atoms with Crippen LogP contribution in [-0.4, -0.2) is 85.9 Å². The van der Waals surface area contributed by atoms with Crippen LogP contribution in [0.4, 0.5) is 27.3 Å². The number of fused-ring (bicyclic) bond motifs is 1. The molecule has 0 aliphatic carbocycles. The molecule has 4 aromatic rings. The lowest BCUT2D eigenvalue weighted by Crippen LogP contribution is -2.49. The summed E-state index contributed by atoms with van der Waals surface area (Å²) in [6.45, 7) is 6.41. The van der Waals surface area contributed by atoms with Gasteiger partial charge in [0, 0.05) is 57.2 Å². The maximum Gasteiger partial charge on any atom is 0.217 e. The van der Waals surface area contributed by atoms with Gasteiger partial charge in [-0.25, -0.2) is 17.8 Å². The average molecular weight is 604 g/mol. The standard InChI is InChI=1S/C31H34FN7O3S/c1-23-30(35-25-19-26(22-34-21-25)37-14-16-42-17-15-37)29-27(32)7-2-8-28(29)36-31(23)38-10-12-39(13-11-38)43(40,41)18-4-6-24-5-3-9-33-20-24/h2-9,19-22H,10-18H2,1H3,(H,35,36). The summed E-state index contributed by atoms with van der Waals surface area (Å²) in [6.07, 6.45) is 10.3. The number of rotatable bonds is 8. The average Bonchev–Trinajstić information content (AvgIpc) is 3.03. The number of hydrogen-bond acceptors (Lipinski definition) is 9. The van der Waals surface area contributed by atoms with Crippen LogP contribution in [0.25, 0.3) is 17.0 Å². The van der Waals surface area contributed by atoms with Crippen molar-refractivity contribution in [2.45, 2.75) is 6.92 Å². The van der Waals surface area contributed by atoms with E-state index in [2.05, 4.69) is 25.1 Å². The normalized spacial score (nSPS) is 16.7. The first kappa shape index (κ1) is 29.0. The van der Waals surface area contributed by atoms with Gasteiger partial charge in [-0.15, -0.1) is 0 Å². The fourth-order valence-electron chi connectivity index (χ4n) is 5.51. The zero-order valence-corrected chi connectivity index (χ0v) is 24.8. The summed E-state index contributed by atoms with van der Waals surface area (Å²) in [7, 11) is -3.47. The highest BCUT2D eigenvalue weighted by molar-refractivity contribution is 7.89. The van der Waals surface area contributed by atoms with Gasteiger partial charge < -0.3 is 19.9 Å². The fraction of sp³-hybridized carbons (Fsp3) is 0.323. The number of benzene rings is 1. The molecule has 0 saturated carbocycles. The summed E-state index contributed by atoms with van der Waals surface area (Å²) in [5, 5.41) is 3.84. The lowest BCUT2D eigenvalue weighted by atomic mass is 10.1. The van der Waals surface area contributed by atoms with Gasteiger partial charge in [0.2, 0.25) is 10.0 Å². The van der Waals surface area contributed by atoms with Crippen molar-refractivity contribution >= 4 is 49.9 Å². The Labute approximate surface area is 250 Å². The van der Waals surface area contributed by atoms with Crippen molar-refractivity contribution in [3.63, 3.8) is 0 Å². The second-order valence-corrected chi connectivity index (χ2v) is 12.6. The molecule has 1 N–H and O–H groups in total. The third kappa shape index (κ3) is 6.46. The molecule has 6 rings (SSSR count). The highest BCUT2D eigenvalue weighted by atomic mass is 32.2. The van der Waals surface area contributed by atoms with E-state index in [1.165, 1.54) is 10.4 Å². The van der Waals surface area contributed by atoms with E-state index in [-0.39, 0.29) is 11.6 Å². The molecule has 0 radical (unpaired) electrons. The van der Waals surface area contributed by atoms with E-state index in [9.17, 15) is 8.42 Å². The second-order valence-electron chi connectivity index (χ2n) is 10.6. The third-order valence-corrected chi connectivity index (χ3v) is 9.55. The Balaban J connectivity index is 1.22. The lowest BCUT2D eigenvalue weighted by Gasteiger charge is -2.35. The monoisotopic (exact) mass is 603 g/mol. The molecule has 2 aliphatic heterocycles. The van der Waals surface area contributed by atoms with Gasteiger partial charge in [-0.2, -0.15) is 4.31 Å². The molecule has 3 aromatic heterocycles. The molecule has 0 amide bonds. The highest BCUT2D eigenvalue weighted by Gasteiger charge is 2.28. The second kappa shape index (κ2) is 12.6. The molecule has 5 heterocycles. The summed E-state index contributed by atoms with van der Waals surface area (Å²) in [5.41, 5.74) is 4.49. The minimum Gasteiger partial charge on any atom is -0.378 e. The Morgan fingerprint density at radius 2 is 1.79 bits per heavy atom. The van der Waals surface area contributed by atoms with Crippen molar-refractivity contribution in [3.05, 3.63) is 84.2 Å². The van der Waals surface area contributed by atoms with Gasteiger partial charge in [0.15, 0.2) is 0 Å². The van der Waals surface area contributed by atoms with Crippen LogP contribution in [0.5, 0.6) is 0 Å². The largest absolute Gasteiger partial charge is 0.378 e. The zero-order valence-electron chi connectivity index (χ0n) is 24.0. The Hall–Kier alpha value is -4.13. The van der Waals surface area contributed by atoms with E-state index in [4.69, 9.17) is 9.72 Å². The van der Waals surface area contributed by atoms with Crippen molar-refractivity contribution < 1.29 is 17.5 Å². The van der Waals surface area contributed by atoms with Crippen LogP contribution < -0.4 is 15.1 Å². The van der Waals surface area contributed by atoms with E-state index < -0.39 is 10.0 Å². The first-order valence-electron chi connectivity index (χ1n) is 14.3. The van der Waals surface area contributed by atoms with E-state index in [1.54, 1.807) is 42.9 Å². The van der Waals surface area contributed by atoms with Gasteiger partial charge in [0.1, 0.15) is 11.6 Å². The lowest BCUT2D eigenvalue weighted by molar-refractivity contribution is 0.122. The molecule has 0 spiro atoms. The van der Waals surface area contributed by atoms with Gasteiger partial charge in [-0.05, 0) is 36.8 Å². The molecule has 1 aromatic carbocycles. The molecule has 0 atom stereocenters. The van der Waals surface area contributed by atoms with Gasteiger partial charge in [-0.1, -0.05) is 24.3 Å². The summed E-state index contributed by atoms with van der Waals surface area (Å²) in [4.78, 5) is 17.6. The molecule has 2 fully saturated rings. The smallest absolute Gasteiger partial charge is 0.217 e. The number of aromatic nitrogens is 3. The van der Waals surface area contributed by atoms with Gasteiger partial charge >= 0.3 is 0 Å². The van der Waals surface area contributed by atoms with Crippen molar-refractivity contribution in [2.75, 3.05) is 73.4 Å². The van der Waals surface area contributed by atoms with Crippen LogP contribution in [0.2, 0.25) is 0 Å². The molecular weight excluding hydrogens is 569 g/mol.